The molecule has 2 aromatic rings. The molecule has 1 amide bonds. The fraction of sp³-hybridized carbons (Fsp3) is 0.118. The zero-order chi connectivity index (χ0) is 15.2. The maximum Gasteiger partial charge on any atom is 0.255 e. The van der Waals surface area contributed by atoms with Crippen LogP contribution in [-0.4, -0.2) is 12.5 Å². The molecule has 0 aromatic heterocycles. The molecule has 4 heteroatoms. The quantitative estimate of drug-likeness (QED) is 0.805. The Balaban J connectivity index is 2.10. The molecular formula is C17H16BrNO2. The number of amides is 1. The van der Waals surface area contributed by atoms with Crippen molar-refractivity contribution in [3.63, 3.8) is 0 Å². The first-order valence-electron chi connectivity index (χ1n) is 6.51. The van der Waals surface area contributed by atoms with Crippen molar-refractivity contribution in [1.29, 1.82) is 0 Å². The molecule has 0 saturated heterocycles. The van der Waals surface area contributed by atoms with Gasteiger partial charge >= 0.3 is 0 Å². The Kier molecular flexibility index (Phi) is 5.17. The molecule has 3 nitrogen and oxygen atoms in total. The van der Waals surface area contributed by atoms with Gasteiger partial charge in [-0.25, -0.2) is 0 Å². The van der Waals surface area contributed by atoms with E-state index in [4.69, 9.17) is 4.74 Å². The summed E-state index contributed by atoms with van der Waals surface area (Å²) >= 11 is 3.40. The van der Waals surface area contributed by atoms with Crippen LogP contribution in [0, 0.1) is 6.92 Å². The van der Waals surface area contributed by atoms with Crippen molar-refractivity contribution >= 4 is 27.5 Å². The number of nitrogens with one attached hydrogen (secondary N) is 1. The van der Waals surface area contributed by atoms with Gasteiger partial charge in [-0.05, 0) is 53.2 Å². The van der Waals surface area contributed by atoms with E-state index in [1.54, 1.807) is 24.3 Å². The van der Waals surface area contributed by atoms with Gasteiger partial charge in [0.15, 0.2) is 0 Å². The molecule has 1 N–H and O–H groups in total. The second-order valence-corrected chi connectivity index (χ2v) is 5.42. The van der Waals surface area contributed by atoms with Gasteiger partial charge in [0.2, 0.25) is 0 Å². The van der Waals surface area contributed by atoms with Crippen LogP contribution in [0.4, 0.5) is 5.69 Å². The predicted octanol–water partition coefficient (Wildman–Crippen LogP) is 4.57. The number of anilines is 1. The van der Waals surface area contributed by atoms with Crippen LogP contribution in [0.1, 0.15) is 15.9 Å². The lowest BCUT2D eigenvalue weighted by Gasteiger charge is -2.09. The fourth-order valence-corrected chi connectivity index (χ4v) is 2.24. The molecule has 0 saturated carbocycles. The van der Waals surface area contributed by atoms with Crippen LogP contribution in [0.15, 0.2) is 59.6 Å². The highest BCUT2D eigenvalue weighted by Gasteiger charge is 2.09. The van der Waals surface area contributed by atoms with E-state index in [2.05, 4.69) is 27.8 Å². The number of hydrogen-bond donors (Lipinski definition) is 1. The van der Waals surface area contributed by atoms with Crippen LogP contribution in [0.25, 0.3) is 0 Å². The molecule has 0 fully saturated rings. The summed E-state index contributed by atoms with van der Waals surface area (Å²) in [5.41, 5.74) is 2.49. The van der Waals surface area contributed by atoms with Crippen molar-refractivity contribution in [2.45, 2.75) is 6.92 Å². The summed E-state index contributed by atoms with van der Waals surface area (Å²) in [7, 11) is 0. The molecule has 0 heterocycles. The van der Waals surface area contributed by atoms with Gasteiger partial charge in [-0.3, -0.25) is 4.79 Å². The number of carbonyl (C=O) groups excluding carboxylic acids is 1. The minimum Gasteiger partial charge on any atom is -0.488 e. The highest BCUT2D eigenvalue weighted by molar-refractivity contribution is 9.10. The summed E-state index contributed by atoms with van der Waals surface area (Å²) < 4.78 is 6.19. The Hall–Kier alpha value is -2.07. The van der Waals surface area contributed by atoms with E-state index in [0.717, 1.165) is 15.7 Å². The molecule has 0 unspecified atom stereocenters. The van der Waals surface area contributed by atoms with Gasteiger partial charge in [0.05, 0.1) is 4.47 Å². The minimum absolute atomic E-state index is 0.158. The van der Waals surface area contributed by atoms with E-state index in [-0.39, 0.29) is 5.91 Å². The van der Waals surface area contributed by atoms with Crippen molar-refractivity contribution in [2.24, 2.45) is 0 Å². The first-order chi connectivity index (χ1) is 10.1. The second-order valence-electron chi connectivity index (χ2n) is 4.57. The summed E-state index contributed by atoms with van der Waals surface area (Å²) in [5.74, 6) is 0.525. The summed E-state index contributed by atoms with van der Waals surface area (Å²) in [4.78, 5) is 12.2. The zero-order valence-corrected chi connectivity index (χ0v) is 13.3. The van der Waals surface area contributed by atoms with E-state index in [1.807, 2.05) is 31.2 Å². The number of rotatable bonds is 5. The van der Waals surface area contributed by atoms with Crippen LogP contribution in [-0.2, 0) is 0 Å². The van der Waals surface area contributed by atoms with E-state index >= 15 is 0 Å². The Labute approximate surface area is 132 Å². The smallest absolute Gasteiger partial charge is 0.255 e. The predicted molar refractivity (Wildman–Crippen MR) is 89.0 cm³/mol. The van der Waals surface area contributed by atoms with Gasteiger partial charge in [0.1, 0.15) is 12.4 Å². The molecule has 21 heavy (non-hydrogen) atoms. The first kappa shape index (κ1) is 15.3. The van der Waals surface area contributed by atoms with Crippen molar-refractivity contribution < 1.29 is 9.53 Å². The third-order valence-electron chi connectivity index (χ3n) is 2.86. The Morgan fingerprint density at radius 3 is 2.62 bits per heavy atom. The average Bonchev–Trinajstić information content (AvgIpc) is 2.48. The molecule has 0 radical (unpaired) electrons. The van der Waals surface area contributed by atoms with Crippen molar-refractivity contribution in [1.82, 2.24) is 0 Å². The van der Waals surface area contributed by atoms with Crippen LogP contribution in [0.5, 0.6) is 5.75 Å². The molecule has 0 aliphatic carbocycles. The van der Waals surface area contributed by atoms with Crippen LogP contribution < -0.4 is 10.1 Å². The van der Waals surface area contributed by atoms with Crippen LogP contribution in [0.3, 0.4) is 0 Å². The molecule has 2 rings (SSSR count). The van der Waals surface area contributed by atoms with Crippen LogP contribution >= 0.6 is 15.9 Å². The summed E-state index contributed by atoms with van der Waals surface area (Å²) in [5, 5.41) is 2.86. The van der Waals surface area contributed by atoms with Gasteiger partial charge in [-0.15, -0.1) is 0 Å². The van der Waals surface area contributed by atoms with E-state index in [0.29, 0.717) is 17.9 Å². The molecule has 0 bridgehead atoms. The fourth-order valence-electron chi connectivity index (χ4n) is 1.75. The first-order valence-corrected chi connectivity index (χ1v) is 7.30. The lowest BCUT2D eigenvalue weighted by Crippen LogP contribution is -2.12. The topological polar surface area (TPSA) is 38.3 Å². The molecule has 0 aliphatic rings. The third kappa shape index (κ3) is 4.20. The minimum atomic E-state index is -0.158. The Morgan fingerprint density at radius 1 is 1.29 bits per heavy atom. The highest BCUT2D eigenvalue weighted by Crippen LogP contribution is 2.26. The lowest BCUT2D eigenvalue weighted by molar-refractivity contribution is 0.102. The Morgan fingerprint density at radius 2 is 2.00 bits per heavy atom. The number of hydrogen-bond acceptors (Lipinski definition) is 2. The van der Waals surface area contributed by atoms with E-state index < -0.39 is 0 Å². The van der Waals surface area contributed by atoms with Gasteiger partial charge in [-0.1, -0.05) is 30.4 Å². The summed E-state index contributed by atoms with van der Waals surface area (Å²) in [6.07, 6.45) is 1.67. The summed E-state index contributed by atoms with van der Waals surface area (Å²) in [6.45, 7) is 6.03. The van der Waals surface area contributed by atoms with Gasteiger partial charge in [0.25, 0.3) is 5.91 Å². The molecule has 0 aliphatic heterocycles. The highest BCUT2D eigenvalue weighted by atomic mass is 79.9. The van der Waals surface area contributed by atoms with Gasteiger partial charge in [-0.2, -0.15) is 0 Å². The summed E-state index contributed by atoms with van der Waals surface area (Å²) in [6, 6.07) is 12.9. The molecule has 2 aromatic carbocycles. The maximum absolute atomic E-state index is 12.2. The number of carbonyl (C=O) groups is 1. The van der Waals surface area contributed by atoms with Crippen molar-refractivity contribution in [3.8, 4) is 5.75 Å². The largest absolute Gasteiger partial charge is 0.488 e. The SMILES string of the molecule is C=CCOc1ccc(C(=O)Nc2ccc(C)cc2)cc1Br. The normalized spacial score (nSPS) is 10.0. The molecule has 0 spiro atoms. The third-order valence-corrected chi connectivity index (χ3v) is 3.48. The average molecular weight is 346 g/mol. The lowest BCUT2D eigenvalue weighted by atomic mass is 10.2. The number of halogens is 1. The Bertz CT molecular complexity index is 650. The molecule has 108 valence electrons. The standard InChI is InChI=1S/C17H16BrNO2/c1-3-10-21-16-9-6-13(11-15(16)18)17(20)19-14-7-4-12(2)5-8-14/h3-9,11H,1,10H2,2H3,(H,19,20). The molecular weight excluding hydrogens is 330 g/mol. The van der Waals surface area contributed by atoms with Gasteiger partial charge < -0.3 is 10.1 Å². The number of ether oxygens (including phenoxy) is 1. The maximum atomic E-state index is 12.2. The monoisotopic (exact) mass is 345 g/mol. The number of benzene rings is 2. The van der Waals surface area contributed by atoms with Gasteiger partial charge in [0, 0.05) is 11.3 Å². The van der Waals surface area contributed by atoms with E-state index in [9.17, 15) is 4.79 Å². The number of aryl methyl sites for hydroxylation is 1. The van der Waals surface area contributed by atoms with Crippen LogP contribution in [0.2, 0.25) is 0 Å². The zero-order valence-electron chi connectivity index (χ0n) is 11.7. The van der Waals surface area contributed by atoms with Crippen molar-refractivity contribution in [3.05, 3.63) is 70.7 Å². The van der Waals surface area contributed by atoms with E-state index in [1.165, 1.54) is 0 Å². The second kappa shape index (κ2) is 7.09. The van der Waals surface area contributed by atoms with Crippen molar-refractivity contribution in [2.75, 3.05) is 11.9 Å². The molecule has 0 atom stereocenters.